The van der Waals surface area contributed by atoms with Gasteiger partial charge in [-0.15, -0.1) is 0 Å². The summed E-state index contributed by atoms with van der Waals surface area (Å²) in [6, 6.07) is 6.27. The van der Waals surface area contributed by atoms with E-state index in [0.717, 1.165) is 30.8 Å². The molecule has 4 nitrogen and oxygen atoms in total. The molecular formula is C15H22N2O2. The quantitative estimate of drug-likeness (QED) is 0.902. The van der Waals surface area contributed by atoms with Crippen molar-refractivity contribution in [1.82, 2.24) is 10.2 Å². The molecule has 1 heterocycles. The smallest absolute Gasteiger partial charge is 0.224 e. The average molecular weight is 262 g/mol. The van der Waals surface area contributed by atoms with Crippen molar-refractivity contribution < 1.29 is 9.53 Å². The summed E-state index contributed by atoms with van der Waals surface area (Å²) in [4.78, 5) is 13.8. The van der Waals surface area contributed by atoms with E-state index in [1.165, 1.54) is 5.56 Å². The van der Waals surface area contributed by atoms with Gasteiger partial charge in [-0.2, -0.15) is 0 Å². The first-order valence-corrected chi connectivity index (χ1v) is 6.80. The van der Waals surface area contributed by atoms with Crippen molar-refractivity contribution in [3.05, 3.63) is 29.3 Å². The molecule has 1 aromatic rings. The summed E-state index contributed by atoms with van der Waals surface area (Å²) >= 11 is 0. The zero-order valence-electron chi connectivity index (χ0n) is 11.9. The van der Waals surface area contributed by atoms with E-state index in [2.05, 4.69) is 24.4 Å². The number of amides is 1. The van der Waals surface area contributed by atoms with Gasteiger partial charge in [-0.1, -0.05) is 13.0 Å². The minimum absolute atomic E-state index is 0.0384. The molecule has 0 radical (unpaired) electrons. The van der Waals surface area contributed by atoms with Gasteiger partial charge in [0.1, 0.15) is 5.75 Å². The standard InChI is InChI=1S/C15H22N2O2/c1-4-11-5-6-14(19-3)12(9-11)13-10-16-8-7-15(18)17(13)2/h5-6,9,13,16H,4,7-8,10H2,1-3H3. The molecule has 1 aliphatic rings. The lowest BCUT2D eigenvalue weighted by Crippen LogP contribution is -2.32. The largest absolute Gasteiger partial charge is 0.496 e. The first kappa shape index (κ1) is 13.9. The highest BCUT2D eigenvalue weighted by Crippen LogP contribution is 2.30. The average Bonchev–Trinajstić information content (AvgIpc) is 2.61. The number of nitrogens with one attached hydrogen (secondary N) is 1. The lowest BCUT2D eigenvalue weighted by atomic mass is 10.0. The van der Waals surface area contributed by atoms with Gasteiger partial charge in [0.25, 0.3) is 0 Å². The Labute approximate surface area is 114 Å². The van der Waals surface area contributed by atoms with E-state index in [9.17, 15) is 4.79 Å². The second kappa shape index (κ2) is 6.06. The van der Waals surface area contributed by atoms with Crippen LogP contribution in [0.2, 0.25) is 0 Å². The Morgan fingerprint density at radius 1 is 1.47 bits per heavy atom. The third-order valence-electron chi connectivity index (χ3n) is 3.78. The van der Waals surface area contributed by atoms with Gasteiger partial charge >= 0.3 is 0 Å². The fourth-order valence-electron chi connectivity index (χ4n) is 2.50. The number of carbonyl (C=O) groups excluding carboxylic acids is 1. The molecule has 1 aliphatic heterocycles. The number of methoxy groups -OCH3 is 1. The molecule has 2 rings (SSSR count). The third-order valence-corrected chi connectivity index (χ3v) is 3.78. The van der Waals surface area contributed by atoms with Crippen LogP contribution in [0.4, 0.5) is 0 Å². The number of hydrogen-bond donors (Lipinski definition) is 1. The highest BCUT2D eigenvalue weighted by molar-refractivity contribution is 5.77. The van der Waals surface area contributed by atoms with E-state index >= 15 is 0 Å². The molecule has 0 aliphatic carbocycles. The van der Waals surface area contributed by atoms with Crippen molar-refractivity contribution in [2.45, 2.75) is 25.8 Å². The topological polar surface area (TPSA) is 41.6 Å². The minimum Gasteiger partial charge on any atom is -0.496 e. The Hall–Kier alpha value is -1.55. The maximum atomic E-state index is 12.0. The van der Waals surface area contributed by atoms with E-state index in [4.69, 9.17) is 4.74 Å². The first-order valence-electron chi connectivity index (χ1n) is 6.80. The van der Waals surface area contributed by atoms with Crippen LogP contribution < -0.4 is 10.1 Å². The number of likely N-dealkylation sites (N-methyl/N-ethyl adjacent to an activating group) is 1. The van der Waals surface area contributed by atoms with Crippen LogP contribution in [-0.2, 0) is 11.2 Å². The summed E-state index contributed by atoms with van der Waals surface area (Å²) < 4.78 is 5.46. The normalized spacial score (nSPS) is 20.3. The van der Waals surface area contributed by atoms with Crippen molar-refractivity contribution in [3.8, 4) is 5.75 Å². The van der Waals surface area contributed by atoms with E-state index in [0.29, 0.717) is 6.42 Å². The minimum atomic E-state index is 0.0384. The van der Waals surface area contributed by atoms with Crippen molar-refractivity contribution >= 4 is 5.91 Å². The lowest BCUT2D eigenvalue weighted by molar-refractivity contribution is -0.131. The van der Waals surface area contributed by atoms with Crippen molar-refractivity contribution in [1.29, 1.82) is 0 Å². The molecule has 0 bridgehead atoms. The fraction of sp³-hybridized carbons (Fsp3) is 0.533. The molecule has 1 atom stereocenters. The summed E-state index contributed by atoms with van der Waals surface area (Å²) in [5.74, 6) is 1.03. The van der Waals surface area contributed by atoms with E-state index in [1.54, 1.807) is 7.11 Å². The van der Waals surface area contributed by atoms with Gasteiger partial charge in [-0.25, -0.2) is 0 Å². The van der Waals surface area contributed by atoms with Crippen molar-refractivity contribution in [2.24, 2.45) is 0 Å². The molecule has 1 fully saturated rings. The molecule has 1 N–H and O–H groups in total. The highest BCUT2D eigenvalue weighted by atomic mass is 16.5. The monoisotopic (exact) mass is 262 g/mol. The fourth-order valence-corrected chi connectivity index (χ4v) is 2.50. The zero-order valence-corrected chi connectivity index (χ0v) is 11.9. The SMILES string of the molecule is CCc1ccc(OC)c(C2CNCCC(=O)N2C)c1. The van der Waals surface area contributed by atoms with Gasteiger partial charge in [0, 0.05) is 32.1 Å². The summed E-state index contributed by atoms with van der Waals surface area (Å²) in [6.45, 7) is 3.65. The second-order valence-corrected chi connectivity index (χ2v) is 4.90. The van der Waals surface area contributed by atoms with Gasteiger partial charge in [0.05, 0.1) is 13.2 Å². The van der Waals surface area contributed by atoms with Gasteiger partial charge in [-0.05, 0) is 24.1 Å². The lowest BCUT2D eigenvalue weighted by Gasteiger charge is -2.28. The zero-order chi connectivity index (χ0) is 13.8. The van der Waals surface area contributed by atoms with E-state index < -0.39 is 0 Å². The molecule has 1 unspecified atom stereocenters. The number of aryl methyl sites for hydroxylation is 1. The molecule has 0 saturated carbocycles. The summed E-state index contributed by atoms with van der Waals surface area (Å²) in [6.07, 6.45) is 1.54. The molecule has 19 heavy (non-hydrogen) atoms. The van der Waals surface area contributed by atoms with Crippen LogP contribution in [0.15, 0.2) is 18.2 Å². The summed E-state index contributed by atoms with van der Waals surface area (Å²) in [5.41, 5.74) is 2.35. The van der Waals surface area contributed by atoms with Crippen LogP contribution in [0.5, 0.6) is 5.75 Å². The second-order valence-electron chi connectivity index (χ2n) is 4.90. The number of benzene rings is 1. The van der Waals surface area contributed by atoms with Crippen LogP contribution in [0.1, 0.15) is 30.5 Å². The van der Waals surface area contributed by atoms with E-state index in [-0.39, 0.29) is 11.9 Å². The number of rotatable bonds is 3. The van der Waals surface area contributed by atoms with Crippen LogP contribution in [0.25, 0.3) is 0 Å². The highest BCUT2D eigenvalue weighted by Gasteiger charge is 2.26. The molecule has 0 spiro atoms. The molecule has 4 heteroatoms. The third kappa shape index (κ3) is 2.89. The van der Waals surface area contributed by atoms with Crippen LogP contribution in [0.3, 0.4) is 0 Å². The maximum absolute atomic E-state index is 12.0. The molecule has 104 valence electrons. The molecular weight excluding hydrogens is 240 g/mol. The van der Waals surface area contributed by atoms with Crippen molar-refractivity contribution in [3.63, 3.8) is 0 Å². The number of carbonyl (C=O) groups is 1. The molecule has 1 aromatic carbocycles. The maximum Gasteiger partial charge on any atom is 0.224 e. The van der Waals surface area contributed by atoms with Gasteiger partial charge in [0.15, 0.2) is 0 Å². The first-order chi connectivity index (χ1) is 9.17. The number of nitrogens with zero attached hydrogens (tertiary/aromatic N) is 1. The predicted molar refractivity (Wildman–Crippen MR) is 75.4 cm³/mol. The molecule has 1 amide bonds. The van der Waals surface area contributed by atoms with E-state index in [1.807, 2.05) is 18.0 Å². The Morgan fingerprint density at radius 3 is 2.95 bits per heavy atom. The Morgan fingerprint density at radius 2 is 2.26 bits per heavy atom. The number of ether oxygens (including phenoxy) is 1. The van der Waals surface area contributed by atoms with Crippen LogP contribution in [0, 0.1) is 0 Å². The van der Waals surface area contributed by atoms with Gasteiger partial charge in [-0.3, -0.25) is 4.79 Å². The molecule has 0 aromatic heterocycles. The summed E-state index contributed by atoms with van der Waals surface area (Å²) in [7, 11) is 3.55. The van der Waals surface area contributed by atoms with Crippen molar-refractivity contribution in [2.75, 3.05) is 27.2 Å². The predicted octanol–water partition coefficient (Wildman–Crippen LogP) is 1.75. The number of hydrogen-bond acceptors (Lipinski definition) is 3. The Bertz CT molecular complexity index is 459. The molecule has 1 saturated heterocycles. The Balaban J connectivity index is 2.39. The van der Waals surface area contributed by atoms with Crippen LogP contribution >= 0.6 is 0 Å². The van der Waals surface area contributed by atoms with Gasteiger partial charge < -0.3 is 15.0 Å². The summed E-state index contributed by atoms with van der Waals surface area (Å²) in [5, 5.41) is 3.33. The Kier molecular flexibility index (Phi) is 4.43. The van der Waals surface area contributed by atoms with Crippen LogP contribution in [-0.4, -0.2) is 38.1 Å². The van der Waals surface area contributed by atoms with Gasteiger partial charge in [0.2, 0.25) is 5.91 Å².